The van der Waals surface area contributed by atoms with Crippen molar-refractivity contribution in [2.75, 3.05) is 26.2 Å². The SMILES string of the molecule is CC(C(N)=O)(c1cc(F)cc(F)c1)N1CCCNCC1. The van der Waals surface area contributed by atoms with Crippen LogP contribution in [0.4, 0.5) is 8.78 Å². The summed E-state index contributed by atoms with van der Waals surface area (Å²) in [7, 11) is 0. The molecule has 1 amide bonds. The summed E-state index contributed by atoms with van der Waals surface area (Å²) >= 11 is 0. The van der Waals surface area contributed by atoms with Crippen molar-refractivity contribution < 1.29 is 13.6 Å². The zero-order chi connectivity index (χ0) is 14.8. The average molecular weight is 283 g/mol. The van der Waals surface area contributed by atoms with Gasteiger partial charge in [-0.3, -0.25) is 9.69 Å². The van der Waals surface area contributed by atoms with Crippen LogP contribution in [0.2, 0.25) is 0 Å². The number of halogens is 2. The molecular weight excluding hydrogens is 264 g/mol. The molecule has 1 unspecified atom stereocenters. The van der Waals surface area contributed by atoms with Crippen molar-refractivity contribution in [1.29, 1.82) is 0 Å². The Kier molecular flexibility index (Phi) is 4.35. The summed E-state index contributed by atoms with van der Waals surface area (Å²) < 4.78 is 26.9. The fraction of sp³-hybridized carbons (Fsp3) is 0.500. The highest BCUT2D eigenvalue weighted by atomic mass is 19.1. The van der Waals surface area contributed by atoms with E-state index in [1.165, 1.54) is 12.1 Å². The van der Waals surface area contributed by atoms with Crippen molar-refractivity contribution in [3.05, 3.63) is 35.4 Å². The first-order valence-electron chi connectivity index (χ1n) is 6.67. The fourth-order valence-corrected chi connectivity index (χ4v) is 2.61. The van der Waals surface area contributed by atoms with Gasteiger partial charge in [0.2, 0.25) is 5.91 Å². The minimum atomic E-state index is -1.21. The summed E-state index contributed by atoms with van der Waals surface area (Å²) in [5.41, 5.74) is 4.58. The molecule has 4 nitrogen and oxygen atoms in total. The lowest BCUT2D eigenvalue weighted by molar-refractivity contribution is -0.130. The summed E-state index contributed by atoms with van der Waals surface area (Å²) in [6.07, 6.45) is 0.848. The number of amides is 1. The molecule has 0 spiro atoms. The zero-order valence-electron chi connectivity index (χ0n) is 11.5. The molecule has 6 heteroatoms. The lowest BCUT2D eigenvalue weighted by Crippen LogP contribution is -2.54. The van der Waals surface area contributed by atoms with Crippen LogP contribution in [0.1, 0.15) is 18.9 Å². The molecule has 0 saturated carbocycles. The molecule has 1 atom stereocenters. The molecule has 1 aliphatic heterocycles. The largest absolute Gasteiger partial charge is 0.368 e. The standard InChI is InChI=1S/C14H19F2N3O/c1-14(13(17)20,19-5-2-3-18-4-6-19)10-7-11(15)9-12(16)8-10/h7-9,18H,2-6H2,1H3,(H2,17,20). The van der Waals surface area contributed by atoms with Gasteiger partial charge in [-0.05, 0) is 37.6 Å². The van der Waals surface area contributed by atoms with Crippen molar-refractivity contribution in [1.82, 2.24) is 10.2 Å². The highest BCUT2D eigenvalue weighted by Gasteiger charge is 2.40. The van der Waals surface area contributed by atoms with Gasteiger partial charge in [-0.25, -0.2) is 8.78 Å². The first-order chi connectivity index (χ1) is 9.44. The van der Waals surface area contributed by atoms with Gasteiger partial charge in [0, 0.05) is 25.7 Å². The van der Waals surface area contributed by atoms with Crippen molar-refractivity contribution >= 4 is 5.91 Å². The van der Waals surface area contributed by atoms with E-state index in [2.05, 4.69) is 5.32 Å². The Balaban J connectivity index is 2.44. The van der Waals surface area contributed by atoms with Gasteiger partial charge < -0.3 is 11.1 Å². The molecule has 0 aliphatic carbocycles. The molecule has 110 valence electrons. The molecule has 1 aliphatic rings. The Morgan fingerprint density at radius 2 is 1.90 bits per heavy atom. The van der Waals surface area contributed by atoms with Gasteiger partial charge in [-0.2, -0.15) is 0 Å². The minimum Gasteiger partial charge on any atom is -0.368 e. The Morgan fingerprint density at radius 3 is 2.50 bits per heavy atom. The molecular formula is C14H19F2N3O. The van der Waals surface area contributed by atoms with Crippen molar-refractivity contribution in [2.45, 2.75) is 18.9 Å². The van der Waals surface area contributed by atoms with E-state index in [1.807, 2.05) is 4.90 Å². The molecule has 1 aromatic rings. The topological polar surface area (TPSA) is 58.4 Å². The number of hydrogen-bond donors (Lipinski definition) is 2. The number of nitrogens with zero attached hydrogens (tertiary/aromatic N) is 1. The van der Waals surface area contributed by atoms with Gasteiger partial charge in [0.25, 0.3) is 0 Å². The number of nitrogens with two attached hydrogens (primary N) is 1. The van der Waals surface area contributed by atoms with Crippen molar-refractivity contribution in [3.63, 3.8) is 0 Å². The molecule has 1 fully saturated rings. The van der Waals surface area contributed by atoms with E-state index < -0.39 is 23.1 Å². The van der Waals surface area contributed by atoms with Crippen LogP contribution in [0.3, 0.4) is 0 Å². The van der Waals surface area contributed by atoms with Crippen molar-refractivity contribution in [3.8, 4) is 0 Å². The lowest BCUT2D eigenvalue weighted by Gasteiger charge is -2.38. The van der Waals surface area contributed by atoms with E-state index in [4.69, 9.17) is 5.73 Å². The summed E-state index contributed by atoms with van der Waals surface area (Å²) in [6, 6.07) is 3.13. The summed E-state index contributed by atoms with van der Waals surface area (Å²) in [5.74, 6) is -2.02. The van der Waals surface area contributed by atoms with E-state index in [9.17, 15) is 13.6 Å². The molecule has 1 aromatic carbocycles. The van der Waals surface area contributed by atoms with Gasteiger partial charge in [0.05, 0.1) is 0 Å². The third-order valence-electron chi connectivity index (χ3n) is 3.88. The summed E-state index contributed by atoms with van der Waals surface area (Å²) in [4.78, 5) is 13.8. The maximum atomic E-state index is 13.4. The number of benzene rings is 1. The first kappa shape index (κ1) is 14.9. The van der Waals surface area contributed by atoms with Gasteiger partial charge in [0.15, 0.2) is 0 Å². The molecule has 0 bridgehead atoms. The van der Waals surface area contributed by atoms with Gasteiger partial charge in [0.1, 0.15) is 17.2 Å². The molecule has 3 N–H and O–H groups in total. The second-order valence-corrected chi connectivity index (χ2v) is 5.19. The van der Waals surface area contributed by atoms with Crippen LogP contribution in [0.25, 0.3) is 0 Å². The number of nitrogens with one attached hydrogen (secondary N) is 1. The number of hydrogen-bond acceptors (Lipinski definition) is 3. The third-order valence-corrected chi connectivity index (χ3v) is 3.88. The quantitative estimate of drug-likeness (QED) is 0.869. The Hall–Kier alpha value is -1.53. The molecule has 0 radical (unpaired) electrons. The van der Waals surface area contributed by atoms with Crippen LogP contribution in [0, 0.1) is 11.6 Å². The molecule has 20 heavy (non-hydrogen) atoms. The van der Waals surface area contributed by atoms with Crippen LogP contribution in [-0.4, -0.2) is 37.0 Å². The predicted molar refractivity (Wildman–Crippen MR) is 72.0 cm³/mol. The van der Waals surface area contributed by atoms with Gasteiger partial charge >= 0.3 is 0 Å². The molecule has 0 aromatic heterocycles. The van der Waals surface area contributed by atoms with Crippen LogP contribution in [-0.2, 0) is 10.3 Å². The van der Waals surface area contributed by atoms with E-state index >= 15 is 0 Å². The summed E-state index contributed by atoms with van der Waals surface area (Å²) in [5, 5.41) is 3.22. The van der Waals surface area contributed by atoms with Crippen LogP contribution >= 0.6 is 0 Å². The monoisotopic (exact) mass is 283 g/mol. The second kappa shape index (κ2) is 5.85. The number of carbonyl (C=O) groups excluding carboxylic acids is 1. The second-order valence-electron chi connectivity index (χ2n) is 5.19. The Labute approximate surface area is 116 Å². The van der Waals surface area contributed by atoms with E-state index in [1.54, 1.807) is 6.92 Å². The van der Waals surface area contributed by atoms with Crippen molar-refractivity contribution in [2.24, 2.45) is 5.73 Å². The summed E-state index contributed by atoms with van der Waals surface area (Å²) in [6.45, 7) is 4.42. The van der Waals surface area contributed by atoms with E-state index in [-0.39, 0.29) is 5.56 Å². The normalized spacial score (nSPS) is 20.1. The van der Waals surface area contributed by atoms with E-state index in [0.29, 0.717) is 19.6 Å². The lowest BCUT2D eigenvalue weighted by atomic mass is 9.88. The zero-order valence-corrected chi connectivity index (χ0v) is 11.5. The maximum Gasteiger partial charge on any atom is 0.242 e. The first-order valence-corrected chi connectivity index (χ1v) is 6.67. The highest BCUT2D eigenvalue weighted by Crippen LogP contribution is 2.29. The van der Waals surface area contributed by atoms with Gasteiger partial charge in [-0.15, -0.1) is 0 Å². The van der Waals surface area contributed by atoms with Crippen LogP contribution in [0.15, 0.2) is 18.2 Å². The number of primary amides is 1. The van der Waals surface area contributed by atoms with Crippen LogP contribution in [0.5, 0.6) is 0 Å². The number of carbonyl (C=O) groups is 1. The molecule has 1 heterocycles. The highest BCUT2D eigenvalue weighted by molar-refractivity contribution is 5.85. The smallest absolute Gasteiger partial charge is 0.242 e. The maximum absolute atomic E-state index is 13.4. The van der Waals surface area contributed by atoms with Crippen LogP contribution < -0.4 is 11.1 Å². The molecule has 1 saturated heterocycles. The average Bonchev–Trinajstić information content (AvgIpc) is 2.65. The Bertz CT molecular complexity index is 481. The van der Waals surface area contributed by atoms with E-state index in [0.717, 1.165) is 19.0 Å². The predicted octanol–water partition coefficient (Wildman–Crippen LogP) is 0.961. The molecule has 2 rings (SSSR count). The Morgan fingerprint density at radius 1 is 1.25 bits per heavy atom. The number of rotatable bonds is 3. The van der Waals surface area contributed by atoms with Gasteiger partial charge in [-0.1, -0.05) is 0 Å². The minimum absolute atomic E-state index is 0.254. The third kappa shape index (κ3) is 2.81. The fourth-order valence-electron chi connectivity index (χ4n) is 2.61.